The molecule has 3 atom stereocenters. The number of anilines is 1. The molecule has 0 spiro atoms. The number of methoxy groups -OCH3 is 1. The second-order valence-corrected chi connectivity index (χ2v) is 8.23. The van der Waals surface area contributed by atoms with Crippen molar-refractivity contribution >= 4 is 17.5 Å². The molecule has 5 rings (SSSR count). The molecule has 1 saturated heterocycles. The summed E-state index contributed by atoms with van der Waals surface area (Å²) in [6, 6.07) is 18.9. The summed E-state index contributed by atoms with van der Waals surface area (Å²) >= 11 is 0. The maximum Gasteiger partial charge on any atom is 0.176 e. The smallest absolute Gasteiger partial charge is 0.176 e. The molecule has 5 nitrogen and oxygen atoms in total. The van der Waals surface area contributed by atoms with Crippen molar-refractivity contribution in [3.05, 3.63) is 65.7 Å². The highest BCUT2D eigenvalue weighted by Crippen LogP contribution is 2.56. The molecule has 30 heavy (non-hydrogen) atoms. The van der Waals surface area contributed by atoms with Crippen molar-refractivity contribution in [2.45, 2.75) is 30.8 Å². The van der Waals surface area contributed by atoms with E-state index in [1.54, 1.807) is 7.11 Å². The molecule has 0 N–H and O–H groups in total. The Labute approximate surface area is 175 Å². The van der Waals surface area contributed by atoms with Crippen LogP contribution in [0.3, 0.4) is 0 Å². The minimum Gasteiger partial charge on any atom is -0.497 e. The van der Waals surface area contributed by atoms with Crippen LogP contribution in [0.25, 0.3) is 6.08 Å². The molecule has 0 aromatic heterocycles. The van der Waals surface area contributed by atoms with E-state index in [4.69, 9.17) is 4.74 Å². The van der Waals surface area contributed by atoms with Gasteiger partial charge in [0.1, 0.15) is 5.75 Å². The van der Waals surface area contributed by atoms with Gasteiger partial charge in [-0.2, -0.15) is 10.5 Å². The third-order valence-electron chi connectivity index (χ3n) is 6.66. The summed E-state index contributed by atoms with van der Waals surface area (Å²) < 4.78 is 5.28. The van der Waals surface area contributed by atoms with Crippen LogP contribution in [0, 0.1) is 34.0 Å². The SMILES string of the molecule is COc1ccc([C@@H]2[C@H](C(=O)C3CC3)N3c4ccccc4C=C[C@H]3C2(C#N)C#N)cc1. The molecule has 5 heteroatoms. The van der Waals surface area contributed by atoms with E-state index in [1.807, 2.05) is 65.6 Å². The van der Waals surface area contributed by atoms with Gasteiger partial charge < -0.3 is 9.64 Å². The van der Waals surface area contributed by atoms with Gasteiger partial charge in [-0.1, -0.05) is 42.5 Å². The predicted molar refractivity (Wildman–Crippen MR) is 113 cm³/mol. The number of hydrogen-bond acceptors (Lipinski definition) is 5. The van der Waals surface area contributed by atoms with E-state index in [2.05, 4.69) is 12.1 Å². The normalized spacial score (nSPS) is 25.6. The zero-order chi connectivity index (χ0) is 20.9. The van der Waals surface area contributed by atoms with Gasteiger partial charge in [-0.05, 0) is 42.2 Å². The standard InChI is InChI=1S/C25H21N3O2/c1-30-19-11-8-17(9-12-19)22-23(24(29)18-6-7-18)28-20-5-3-2-4-16(20)10-13-21(28)25(22,14-26)15-27/h2-5,8-13,18,21-23H,6-7H2,1H3/t21-,22+,23+/m0/s1. The number of nitrogens with zero attached hydrogens (tertiary/aromatic N) is 3. The molecule has 2 aliphatic heterocycles. The van der Waals surface area contributed by atoms with Crippen LogP contribution in [0.1, 0.15) is 29.9 Å². The van der Waals surface area contributed by atoms with Crippen LogP contribution in [0.4, 0.5) is 5.69 Å². The Kier molecular flexibility index (Phi) is 4.15. The summed E-state index contributed by atoms with van der Waals surface area (Å²) in [5.41, 5.74) is 1.36. The number of hydrogen-bond donors (Lipinski definition) is 0. The van der Waals surface area contributed by atoms with E-state index < -0.39 is 23.4 Å². The molecule has 148 valence electrons. The fourth-order valence-electron chi connectivity index (χ4n) is 5.05. The Morgan fingerprint density at radius 2 is 1.80 bits per heavy atom. The lowest BCUT2D eigenvalue weighted by molar-refractivity contribution is -0.121. The molecule has 2 heterocycles. The Hall–Kier alpha value is -3.57. The summed E-state index contributed by atoms with van der Waals surface area (Å²) in [5.74, 6) is 0.303. The Morgan fingerprint density at radius 3 is 2.43 bits per heavy atom. The molecule has 2 aromatic rings. The zero-order valence-electron chi connectivity index (χ0n) is 16.7. The Morgan fingerprint density at radius 1 is 1.10 bits per heavy atom. The van der Waals surface area contributed by atoms with E-state index in [-0.39, 0.29) is 11.7 Å². The molecule has 2 fully saturated rings. The molecule has 0 unspecified atom stereocenters. The lowest BCUT2D eigenvalue weighted by atomic mass is 9.69. The molecule has 0 amide bonds. The van der Waals surface area contributed by atoms with Gasteiger partial charge in [0.05, 0.1) is 31.3 Å². The highest BCUT2D eigenvalue weighted by molar-refractivity contribution is 5.95. The molecule has 1 saturated carbocycles. The average Bonchev–Trinajstić information content (AvgIpc) is 3.60. The minimum atomic E-state index is -1.37. The summed E-state index contributed by atoms with van der Waals surface area (Å²) in [4.78, 5) is 15.6. The number of rotatable bonds is 4. The summed E-state index contributed by atoms with van der Waals surface area (Å²) in [7, 11) is 1.60. The van der Waals surface area contributed by atoms with Gasteiger partial charge in [0.2, 0.25) is 0 Å². The van der Waals surface area contributed by atoms with Gasteiger partial charge in [-0.15, -0.1) is 0 Å². The predicted octanol–water partition coefficient (Wildman–Crippen LogP) is 4.08. The second kappa shape index (κ2) is 6.75. The van der Waals surface area contributed by atoms with E-state index >= 15 is 0 Å². The first kappa shape index (κ1) is 18.5. The van der Waals surface area contributed by atoms with E-state index in [1.165, 1.54) is 0 Å². The van der Waals surface area contributed by atoms with Crippen molar-refractivity contribution < 1.29 is 9.53 Å². The third kappa shape index (κ3) is 2.49. The lowest BCUT2D eigenvalue weighted by Crippen LogP contribution is -2.44. The first-order valence-electron chi connectivity index (χ1n) is 10.2. The van der Waals surface area contributed by atoms with Gasteiger partial charge in [0, 0.05) is 17.5 Å². The third-order valence-corrected chi connectivity index (χ3v) is 6.66. The van der Waals surface area contributed by atoms with Crippen molar-refractivity contribution in [1.29, 1.82) is 10.5 Å². The van der Waals surface area contributed by atoms with Crippen molar-refractivity contribution in [3.63, 3.8) is 0 Å². The highest BCUT2D eigenvalue weighted by Gasteiger charge is 2.64. The zero-order valence-corrected chi connectivity index (χ0v) is 16.7. The van der Waals surface area contributed by atoms with E-state index in [9.17, 15) is 15.3 Å². The van der Waals surface area contributed by atoms with Crippen molar-refractivity contribution in [2.24, 2.45) is 11.3 Å². The summed E-state index contributed by atoms with van der Waals surface area (Å²) in [6.45, 7) is 0. The first-order valence-corrected chi connectivity index (χ1v) is 10.2. The molecule has 1 aliphatic carbocycles. The summed E-state index contributed by atoms with van der Waals surface area (Å²) in [5, 5.41) is 20.6. The fraction of sp³-hybridized carbons (Fsp3) is 0.320. The van der Waals surface area contributed by atoms with Crippen molar-refractivity contribution in [2.75, 3.05) is 12.0 Å². The van der Waals surface area contributed by atoms with E-state index in [0.717, 1.165) is 29.7 Å². The topological polar surface area (TPSA) is 77.1 Å². The van der Waals surface area contributed by atoms with Crippen LogP contribution in [0.5, 0.6) is 5.75 Å². The van der Waals surface area contributed by atoms with Crippen LogP contribution in [-0.2, 0) is 4.79 Å². The number of benzene rings is 2. The number of para-hydroxylation sites is 1. The number of ketones is 1. The fourth-order valence-corrected chi connectivity index (χ4v) is 5.05. The molecule has 0 bridgehead atoms. The van der Waals surface area contributed by atoms with Gasteiger partial charge in [-0.3, -0.25) is 4.79 Å². The Bertz CT molecular complexity index is 1100. The van der Waals surface area contributed by atoms with Crippen LogP contribution in [-0.4, -0.2) is 25.0 Å². The van der Waals surface area contributed by atoms with Crippen LogP contribution in [0.15, 0.2) is 54.6 Å². The van der Waals surface area contributed by atoms with Crippen LogP contribution >= 0.6 is 0 Å². The lowest BCUT2D eigenvalue weighted by Gasteiger charge is -2.35. The van der Waals surface area contributed by atoms with Gasteiger partial charge in [0.15, 0.2) is 11.2 Å². The number of nitriles is 2. The Balaban J connectivity index is 1.74. The highest BCUT2D eigenvalue weighted by atomic mass is 16.5. The van der Waals surface area contributed by atoms with Crippen LogP contribution < -0.4 is 9.64 Å². The van der Waals surface area contributed by atoms with Gasteiger partial charge >= 0.3 is 0 Å². The molecule has 0 radical (unpaired) electrons. The largest absolute Gasteiger partial charge is 0.497 e. The molecular weight excluding hydrogens is 374 g/mol. The first-order chi connectivity index (χ1) is 14.6. The van der Waals surface area contributed by atoms with Gasteiger partial charge in [-0.25, -0.2) is 0 Å². The average molecular weight is 395 g/mol. The monoisotopic (exact) mass is 395 g/mol. The number of ether oxygens (including phenoxy) is 1. The van der Waals surface area contributed by atoms with E-state index in [0.29, 0.717) is 5.75 Å². The molecule has 3 aliphatic rings. The van der Waals surface area contributed by atoms with Crippen molar-refractivity contribution in [1.82, 2.24) is 0 Å². The maximum absolute atomic E-state index is 13.6. The van der Waals surface area contributed by atoms with Crippen LogP contribution in [0.2, 0.25) is 0 Å². The molecular formula is C25H21N3O2. The number of carbonyl (C=O) groups excluding carboxylic acids is 1. The minimum absolute atomic E-state index is 0.0163. The number of carbonyl (C=O) groups is 1. The molecule has 2 aromatic carbocycles. The van der Waals surface area contributed by atoms with Crippen molar-refractivity contribution in [3.8, 4) is 17.9 Å². The number of Topliss-reactive ketones (excluding diaryl/α,β-unsaturated/α-hetero) is 1. The van der Waals surface area contributed by atoms with Gasteiger partial charge in [0.25, 0.3) is 0 Å². The number of fused-ring (bicyclic) bond motifs is 3. The maximum atomic E-state index is 13.6. The quantitative estimate of drug-likeness (QED) is 0.780. The summed E-state index contributed by atoms with van der Waals surface area (Å²) in [6.07, 6.45) is 5.65. The second-order valence-electron chi connectivity index (χ2n) is 8.23.